The van der Waals surface area contributed by atoms with Crippen molar-refractivity contribution in [2.24, 2.45) is 0 Å². The predicted molar refractivity (Wildman–Crippen MR) is 141 cm³/mol. The molecule has 1 aliphatic rings. The summed E-state index contributed by atoms with van der Waals surface area (Å²) >= 11 is 0. The third-order valence-corrected chi connectivity index (χ3v) is 12.7. The first-order valence-corrected chi connectivity index (χ1v) is 17.5. The van der Waals surface area contributed by atoms with Gasteiger partial charge in [-0.15, -0.1) is 0 Å². The first-order chi connectivity index (χ1) is 14.5. The molecule has 0 amide bonds. The lowest BCUT2D eigenvalue weighted by Gasteiger charge is -2.38. The van der Waals surface area contributed by atoms with E-state index in [4.69, 9.17) is 9.16 Å². The van der Waals surface area contributed by atoms with E-state index in [1.165, 1.54) is 21.9 Å². The molecule has 0 N–H and O–H groups in total. The quantitative estimate of drug-likeness (QED) is 0.454. The van der Waals surface area contributed by atoms with Crippen molar-refractivity contribution in [3.63, 3.8) is 0 Å². The molecule has 0 fully saturated rings. The number of hydrogen-bond donors (Lipinski definition) is 0. The van der Waals surface area contributed by atoms with Crippen molar-refractivity contribution < 1.29 is 9.16 Å². The maximum absolute atomic E-state index is 6.94. The molecule has 0 spiro atoms. The number of hydrogen-bond acceptors (Lipinski definition) is 2. The van der Waals surface area contributed by atoms with Crippen molar-refractivity contribution in [2.45, 2.75) is 78.2 Å². The summed E-state index contributed by atoms with van der Waals surface area (Å²) in [6, 6.07) is 13.7. The first kappa shape index (κ1) is 23.9. The van der Waals surface area contributed by atoms with Crippen LogP contribution in [0.2, 0.25) is 31.7 Å². The fourth-order valence-corrected chi connectivity index (χ4v) is 10.4. The van der Waals surface area contributed by atoms with Gasteiger partial charge in [-0.1, -0.05) is 77.1 Å². The van der Waals surface area contributed by atoms with Crippen LogP contribution in [0.1, 0.15) is 51.3 Å². The van der Waals surface area contributed by atoms with Crippen LogP contribution in [0, 0.1) is 0 Å². The highest BCUT2D eigenvalue weighted by atomic mass is 28.4. The van der Waals surface area contributed by atoms with Crippen LogP contribution in [-0.4, -0.2) is 23.5 Å². The van der Waals surface area contributed by atoms with Gasteiger partial charge in [0, 0.05) is 5.56 Å². The second-order valence-corrected chi connectivity index (χ2v) is 19.9. The molecule has 0 aliphatic heterocycles. The molecule has 0 saturated heterocycles. The Kier molecular flexibility index (Phi) is 6.64. The largest absolute Gasteiger partial charge is 0.544 e. The van der Waals surface area contributed by atoms with E-state index in [0.717, 1.165) is 30.0 Å². The summed E-state index contributed by atoms with van der Waals surface area (Å²) in [4.78, 5) is 0. The molecule has 0 atom stereocenters. The van der Waals surface area contributed by atoms with Crippen molar-refractivity contribution in [2.75, 3.05) is 7.11 Å². The molecule has 168 valence electrons. The number of fused-ring (bicyclic) bond motifs is 1. The molecule has 3 rings (SSSR count). The Labute approximate surface area is 191 Å². The van der Waals surface area contributed by atoms with Crippen LogP contribution in [0.4, 0.5) is 0 Å². The lowest BCUT2D eigenvalue weighted by Crippen LogP contribution is -2.59. The van der Waals surface area contributed by atoms with Gasteiger partial charge in [0.05, 0.1) is 7.11 Å². The smallest absolute Gasteiger partial charge is 0.242 e. The molecule has 0 heterocycles. The van der Waals surface area contributed by atoms with Crippen molar-refractivity contribution >= 4 is 32.8 Å². The maximum atomic E-state index is 6.94. The van der Waals surface area contributed by atoms with Crippen molar-refractivity contribution in [3.05, 3.63) is 53.1 Å². The van der Waals surface area contributed by atoms with Crippen LogP contribution >= 0.6 is 0 Å². The van der Waals surface area contributed by atoms with Gasteiger partial charge in [-0.05, 0) is 65.1 Å². The molecule has 0 aromatic heterocycles. The standard InChI is InChI=1S/C27H40O2Si2/c1-10-31(11-2,24-17-13-15-20-14-12-16-22(20)24)25-19-21(28-6)18-23(27(3,4)5)26(25)29-30(7,8)9/h12-13,15-19H,10-11,14H2,1-9H3. The highest BCUT2D eigenvalue weighted by Crippen LogP contribution is 2.38. The Bertz CT molecular complexity index is 974. The van der Waals surface area contributed by atoms with Gasteiger partial charge in [-0.3, -0.25) is 0 Å². The lowest BCUT2D eigenvalue weighted by molar-refractivity contribution is 0.411. The van der Waals surface area contributed by atoms with E-state index in [-0.39, 0.29) is 5.41 Å². The summed E-state index contributed by atoms with van der Waals surface area (Å²) in [6.07, 6.45) is 5.70. The summed E-state index contributed by atoms with van der Waals surface area (Å²) in [5.74, 6) is 2.09. The van der Waals surface area contributed by atoms with Crippen LogP contribution < -0.4 is 19.5 Å². The average molecular weight is 453 g/mol. The SMILES string of the molecule is CC[Si](CC)(c1cccc2c1C=CC2)c1cc(OC)cc(C(C)(C)C)c1O[Si](C)(C)C. The van der Waals surface area contributed by atoms with Gasteiger partial charge in [-0.25, -0.2) is 0 Å². The molecule has 2 aromatic carbocycles. The van der Waals surface area contributed by atoms with E-state index in [1.54, 1.807) is 12.3 Å². The Morgan fingerprint density at radius 2 is 1.65 bits per heavy atom. The van der Waals surface area contributed by atoms with Crippen molar-refractivity contribution in [3.8, 4) is 11.5 Å². The molecule has 2 aromatic rings. The fourth-order valence-electron chi connectivity index (χ4n) is 4.91. The van der Waals surface area contributed by atoms with Gasteiger partial charge in [-0.2, -0.15) is 0 Å². The Hall–Kier alpha value is -1.79. The molecule has 0 bridgehead atoms. The third-order valence-electron chi connectivity index (χ3n) is 6.57. The second-order valence-electron chi connectivity index (χ2n) is 10.8. The minimum atomic E-state index is -2.09. The lowest BCUT2D eigenvalue weighted by atomic mass is 9.86. The number of methoxy groups -OCH3 is 1. The minimum absolute atomic E-state index is 0.0293. The molecular formula is C27H40O2Si2. The van der Waals surface area contributed by atoms with Gasteiger partial charge in [0.2, 0.25) is 8.32 Å². The highest BCUT2D eigenvalue weighted by Gasteiger charge is 2.41. The van der Waals surface area contributed by atoms with Gasteiger partial charge >= 0.3 is 0 Å². The zero-order chi connectivity index (χ0) is 23.0. The Balaban J connectivity index is 2.42. The summed E-state index contributed by atoms with van der Waals surface area (Å²) in [5, 5.41) is 2.97. The first-order valence-electron chi connectivity index (χ1n) is 11.7. The number of benzene rings is 2. The average Bonchev–Trinajstić information content (AvgIpc) is 3.17. The van der Waals surface area contributed by atoms with Gasteiger partial charge in [0.15, 0.2) is 0 Å². The molecular weight excluding hydrogens is 412 g/mol. The normalized spacial score (nSPS) is 14.0. The molecule has 1 aliphatic carbocycles. The van der Waals surface area contributed by atoms with E-state index in [0.29, 0.717) is 0 Å². The van der Waals surface area contributed by atoms with Crippen LogP contribution in [0.25, 0.3) is 6.08 Å². The number of allylic oxidation sites excluding steroid dienone is 1. The highest BCUT2D eigenvalue weighted by molar-refractivity contribution is 7.03. The van der Waals surface area contributed by atoms with E-state index in [1.807, 2.05) is 0 Å². The van der Waals surface area contributed by atoms with E-state index < -0.39 is 16.4 Å². The van der Waals surface area contributed by atoms with Crippen LogP contribution in [0.15, 0.2) is 36.4 Å². The minimum Gasteiger partial charge on any atom is -0.544 e. The van der Waals surface area contributed by atoms with Crippen LogP contribution in [0.5, 0.6) is 11.5 Å². The number of rotatable bonds is 7. The monoisotopic (exact) mass is 452 g/mol. The molecule has 31 heavy (non-hydrogen) atoms. The predicted octanol–water partition coefficient (Wildman–Crippen LogP) is 6.38. The topological polar surface area (TPSA) is 18.5 Å². The summed E-state index contributed by atoms with van der Waals surface area (Å²) in [7, 11) is -2.13. The molecule has 0 unspecified atom stereocenters. The molecule has 4 heteroatoms. The van der Waals surface area contributed by atoms with E-state index in [2.05, 4.69) is 96.7 Å². The summed E-state index contributed by atoms with van der Waals surface area (Å²) < 4.78 is 12.8. The fraction of sp³-hybridized carbons (Fsp3) is 0.481. The van der Waals surface area contributed by atoms with E-state index in [9.17, 15) is 0 Å². The molecule has 2 nitrogen and oxygen atoms in total. The number of ether oxygens (including phenoxy) is 1. The molecule has 0 radical (unpaired) electrons. The summed E-state index contributed by atoms with van der Waals surface area (Å²) in [6.45, 7) is 18.5. The van der Waals surface area contributed by atoms with Crippen LogP contribution in [0.3, 0.4) is 0 Å². The Morgan fingerprint density at radius 3 is 2.19 bits per heavy atom. The Morgan fingerprint density at radius 1 is 0.968 bits per heavy atom. The van der Waals surface area contributed by atoms with E-state index >= 15 is 0 Å². The zero-order valence-corrected chi connectivity index (χ0v) is 23.0. The van der Waals surface area contributed by atoms with Crippen molar-refractivity contribution in [1.29, 1.82) is 0 Å². The molecule has 0 saturated carbocycles. The maximum Gasteiger partial charge on any atom is 0.242 e. The van der Waals surface area contributed by atoms with Gasteiger partial charge in [0.1, 0.15) is 19.6 Å². The second kappa shape index (κ2) is 8.63. The van der Waals surface area contributed by atoms with Crippen molar-refractivity contribution in [1.82, 2.24) is 0 Å². The summed E-state index contributed by atoms with van der Waals surface area (Å²) in [5.41, 5.74) is 4.16. The van der Waals surface area contributed by atoms with Crippen LogP contribution in [-0.2, 0) is 11.8 Å². The van der Waals surface area contributed by atoms with Gasteiger partial charge < -0.3 is 9.16 Å². The van der Waals surface area contributed by atoms with Gasteiger partial charge in [0.25, 0.3) is 0 Å². The third kappa shape index (κ3) is 4.56. The zero-order valence-electron chi connectivity index (χ0n) is 21.0.